The van der Waals surface area contributed by atoms with Gasteiger partial charge in [0.2, 0.25) is 0 Å². The molecule has 0 aliphatic carbocycles. The quantitative estimate of drug-likeness (QED) is 0.883. The summed E-state index contributed by atoms with van der Waals surface area (Å²) in [6.07, 6.45) is 3.65. The molecule has 1 aromatic carbocycles. The fourth-order valence-electron chi connectivity index (χ4n) is 3.12. The number of benzene rings is 1. The van der Waals surface area contributed by atoms with E-state index in [0.717, 1.165) is 18.7 Å². The normalized spacial score (nSPS) is 27.5. The summed E-state index contributed by atoms with van der Waals surface area (Å²) < 4.78 is 13.9. The van der Waals surface area contributed by atoms with Crippen molar-refractivity contribution in [3.8, 4) is 0 Å². The van der Waals surface area contributed by atoms with Crippen molar-refractivity contribution < 1.29 is 4.39 Å². The van der Waals surface area contributed by atoms with Crippen molar-refractivity contribution in [2.45, 2.75) is 31.3 Å². The number of anilines is 1. The second kappa shape index (κ2) is 4.99. The molecule has 0 saturated carbocycles. The van der Waals surface area contributed by atoms with Gasteiger partial charge in [0.15, 0.2) is 0 Å². The third-order valence-corrected chi connectivity index (χ3v) is 4.87. The van der Waals surface area contributed by atoms with Crippen LogP contribution in [-0.2, 0) is 0 Å². The summed E-state index contributed by atoms with van der Waals surface area (Å²) in [7, 11) is 0. The predicted molar refractivity (Wildman–Crippen MR) is 75.7 cm³/mol. The van der Waals surface area contributed by atoms with Crippen molar-refractivity contribution in [1.82, 2.24) is 4.90 Å². The van der Waals surface area contributed by atoms with Gasteiger partial charge in [-0.15, -0.1) is 0 Å². The van der Waals surface area contributed by atoms with Gasteiger partial charge in [-0.1, -0.05) is 11.6 Å². The number of hydrogen-bond donors (Lipinski definition) is 1. The van der Waals surface area contributed by atoms with Gasteiger partial charge in [-0.25, -0.2) is 4.39 Å². The van der Waals surface area contributed by atoms with E-state index in [1.54, 1.807) is 0 Å². The summed E-state index contributed by atoms with van der Waals surface area (Å²) in [6, 6.07) is 3.84. The predicted octanol–water partition coefficient (Wildman–Crippen LogP) is 3.89. The smallest absolute Gasteiger partial charge is 0.125 e. The van der Waals surface area contributed by atoms with E-state index in [0.29, 0.717) is 21.6 Å². The Labute approximate surface area is 120 Å². The lowest BCUT2D eigenvalue weighted by atomic mass is 10.1. The van der Waals surface area contributed by atoms with Crippen LogP contribution in [0.25, 0.3) is 0 Å². The third-order valence-electron chi connectivity index (χ3n) is 3.94. The van der Waals surface area contributed by atoms with Gasteiger partial charge >= 0.3 is 0 Å². The Morgan fingerprint density at radius 1 is 1.33 bits per heavy atom. The molecule has 2 saturated heterocycles. The third kappa shape index (κ3) is 2.26. The molecule has 18 heavy (non-hydrogen) atoms. The highest BCUT2D eigenvalue weighted by atomic mass is 79.9. The minimum Gasteiger partial charge on any atom is -0.379 e. The van der Waals surface area contributed by atoms with Gasteiger partial charge in [0.05, 0.1) is 10.7 Å². The van der Waals surface area contributed by atoms with Crippen molar-refractivity contribution >= 4 is 33.2 Å². The fourth-order valence-corrected chi connectivity index (χ4v) is 4.04. The lowest BCUT2D eigenvalue weighted by Crippen LogP contribution is -2.33. The number of halogens is 3. The van der Waals surface area contributed by atoms with E-state index < -0.39 is 0 Å². The summed E-state index contributed by atoms with van der Waals surface area (Å²) in [5.41, 5.74) is 0.816. The molecule has 1 N–H and O–H groups in total. The maximum atomic E-state index is 13.2. The van der Waals surface area contributed by atoms with E-state index >= 15 is 0 Å². The maximum Gasteiger partial charge on any atom is 0.125 e. The molecule has 2 nitrogen and oxygen atoms in total. The zero-order chi connectivity index (χ0) is 12.7. The van der Waals surface area contributed by atoms with E-state index in [1.165, 1.54) is 31.5 Å². The Morgan fingerprint density at radius 2 is 2.17 bits per heavy atom. The molecule has 2 aliphatic rings. The first-order chi connectivity index (χ1) is 8.65. The molecule has 2 atom stereocenters. The van der Waals surface area contributed by atoms with Crippen molar-refractivity contribution in [2.24, 2.45) is 0 Å². The Bertz CT molecular complexity index is 445. The molecule has 0 radical (unpaired) electrons. The van der Waals surface area contributed by atoms with Gasteiger partial charge in [-0.2, -0.15) is 0 Å². The molecule has 98 valence electrons. The Balaban J connectivity index is 1.81. The van der Waals surface area contributed by atoms with E-state index in [1.807, 2.05) is 0 Å². The fraction of sp³-hybridized carbons (Fsp3) is 0.538. The average Bonchev–Trinajstić information content (AvgIpc) is 2.86. The van der Waals surface area contributed by atoms with Gasteiger partial charge in [0, 0.05) is 23.1 Å². The summed E-state index contributed by atoms with van der Waals surface area (Å²) in [5.74, 6) is -0.314. The first kappa shape index (κ1) is 12.7. The van der Waals surface area contributed by atoms with Gasteiger partial charge in [0.25, 0.3) is 0 Å². The molecule has 2 fully saturated rings. The zero-order valence-corrected chi connectivity index (χ0v) is 12.3. The molecule has 2 aliphatic heterocycles. The summed E-state index contributed by atoms with van der Waals surface area (Å²) in [4.78, 5) is 2.53. The highest BCUT2D eigenvalue weighted by Crippen LogP contribution is 2.36. The lowest BCUT2D eigenvalue weighted by Gasteiger charge is -2.23. The van der Waals surface area contributed by atoms with Crippen molar-refractivity contribution in [1.29, 1.82) is 0 Å². The Hall–Kier alpha value is -0.320. The second-order valence-corrected chi connectivity index (χ2v) is 6.29. The van der Waals surface area contributed by atoms with Gasteiger partial charge < -0.3 is 5.32 Å². The molecule has 0 amide bonds. The van der Waals surface area contributed by atoms with Crippen molar-refractivity contribution in [3.63, 3.8) is 0 Å². The largest absolute Gasteiger partial charge is 0.379 e. The van der Waals surface area contributed by atoms with Crippen LogP contribution in [0.15, 0.2) is 16.6 Å². The van der Waals surface area contributed by atoms with E-state index in [4.69, 9.17) is 11.6 Å². The number of nitrogens with zero attached hydrogens (tertiary/aromatic N) is 1. The van der Waals surface area contributed by atoms with Gasteiger partial charge in [0.1, 0.15) is 5.82 Å². The lowest BCUT2D eigenvalue weighted by molar-refractivity contribution is 0.318. The highest BCUT2D eigenvalue weighted by Gasteiger charge is 2.37. The van der Waals surface area contributed by atoms with Crippen LogP contribution >= 0.6 is 27.5 Å². The minimum atomic E-state index is -0.314. The van der Waals surface area contributed by atoms with Crippen LogP contribution in [0.3, 0.4) is 0 Å². The molecule has 1 aromatic rings. The van der Waals surface area contributed by atoms with Crippen molar-refractivity contribution in [3.05, 3.63) is 27.4 Å². The molecular weight excluding hydrogens is 319 g/mol. The van der Waals surface area contributed by atoms with E-state index in [9.17, 15) is 4.39 Å². The van der Waals surface area contributed by atoms with Crippen LogP contribution in [0.1, 0.15) is 19.3 Å². The maximum absolute atomic E-state index is 13.2. The SMILES string of the molecule is Fc1cc(Cl)c(NC2CCN3CCCC23)c(Br)c1. The summed E-state index contributed by atoms with van der Waals surface area (Å²) in [6.45, 7) is 2.36. The van der Waals surface area contributed by atoms with Crippen LogP contribution in [0, 0.1) is 5.82 Å². The first-order valence-electron chi connectivity index (χ1n) is 6.30. The second-order valence-electron chi connectivity index (χ2n) is 5.03. The molecule has 0 spiro atoms. The van der Waals surface area contributed by atoms with Crippen LogP contribution in [0.2, 0.25) is 5.02 Å². The Morgan fingerprint density at radius 3 is 2.94 bits per heavy atom. The van der Waals surface area contributed by atoms with E-state index in [-0.39, 0.29) is 5.82 Å². The number of rotatable bonds is 2. The van der Waals surface area contributed by atoms with E-state index in [2.05, 4.69) is 26.1 Å². The molecular formula is C13H15BrClFN2. The van der Waals surface area contributed by atoms with Crippen LogP contribution in [0.5, 0.6) is 0 Å². The standard InChI is InChI=1S/C13H15BrClFN2/c14-9-6-8(16)7-10(15)13(9)17-11-3-5-18-4-1-2-12(11)18/h6-7,11-12,17H,1-5H2. The molecule has 0 aromatic heterocycles. The van der Waals surface area contributed by atoms with Crippen LogP contribution in [-0.4, -0.2) is 30.1 Å². The van der Waals surface area contributed by atoms with Crippen LogP contribution in [0.4, 0.5) is 10.1 Å². The molecule has 2 unspecified atom stereocenters. The summed E-state index contributed by atoms with van der Waals surface area (Å²) in [5, 5.41) is 3.93. The molecule has 5 heteroatoms. The minimum absolute atomic E-state index is 0.314. The topological polar surface area (TPSA) is 15.3 Å². The number of fused-ring (bicyclic) bond motifs is 1. The molecule has 3 rings (SSSR count). The van der Waals surface area contributed by atoms with Crippen LogP contribution < -0.4 is 5.32 Å². The molecule has 0 bridgehead atoms. The number of nitrogens with one attached hydrogen (secondary N) is 1. The highest BCUT2D eigenvalue weighted by molar-refractivity contribution is 9.10. The average molecular weight is 334 g/mol. The Kier molecular flexibility index (Phi) is 3.52. The first-order valence-corrected chi connectivity index (χ1v) is 7.47. The molecule has 2 heterocycles. The monoisotopic (exact) mass is 332 g/mol. The summed E-state index contributed by atoms with van der Waals surface area (Å²) >= 11 is 9.49. The number of hydrogen-bond acceptors (Lipinski definition) is 2. The van der Waals surface area contributed by atoms with Crippen molar-refractivity contribution in [2.75, 3.05) is 18.4 Å². The zero-order valence-electron chi connectivity index (χ0n) is 9.93. The van der Waals surface area contributed by atoms with Gasteiger partial charge in [-0.05, 0) is 53.9 Å². The van der Waals surface area contributed by atoms with Gasteiger partial charge in [-0.3, -0.25) is 4.90 Å².